The summed E-state index contributed by atoms with van der Waals surface area (Å²) in [6.07, 6.45) is 0. The number of carbonyl (C=O) groups excluding carboxylic acids is 1. The van der Waals surface area contributed by atoms with Crippen LogP contribution in [0.3, 0.4) is 0 Å². The van der Waals surface area contributed by atoms with Gasteiger partial charge >= 0.3 is 5.97 Å². The molecule has 1 aromatic rings. The molecule has 0 aromatic heterocycles. The van der Waals surface area contributed by atoms with E-state index in [0.29, 0.717) is 21.4 Å². The smallest absolute Gasteiger partial charge is 0.338 e. The fourth-order valence-corrected chi connectivity index (χ4v) is 2.67. The summed E-state index contributed by atoms with van der Waals surface area (Å²) in [5.74, 6) is 5.42. The summed E-state index contributed by atoms with van der Waals surface area (Å²) >= 11 is 11.4. The second kappa shape index (κ2) is 6.43. The van der Waals surface area contributed by atoms with Crippen LogP contribution in [-0.2, 0) is 9.53 Å². The van der Waals surface area contributed by atoms with Gasteiger partial charge in [0.2, 0.25) is 0 Å². The molecule has 0 spiro atoms. The van der Waals surface area contributed by atoms with E-state index in [0.717, 1.165) is 5.56 Å². The molecule has 5 nitrogen and oxygen atoms in total. The van der Waals surface area contributed by atoms with Crippen molar-refractivity contribution in [1.29, 1.82) is 0 Å². The van der Waals surface area contributed by atoms with Crippen molar-refractivity contribution in [1.82, 2.24) is 10.3 Å². The molecule has 0 saturated heterocycles. The molecule has 3 N–H and O–H groups in total. The molecular formula is C14H16ClN3O2S. The van der Waals surface area contributed by atoms with Crippen LogP contribution in [0.25, 0.3) is 0 Å². The standard InChI is InChI=1S/C14H16ClN3O2S/c1-3-20-13(19)11-8(2)18(16)14(21)17-12(11)9-6-4-5-7-10(9)15/h4-7,12H,3,16H2,1-2H3,(H,17,21). The van der Waals surface area contributed by atoms with Gasteiger partial charge in [-0.15, -0.1) is 0 Å². The lowest BCUT2D eigenvalue weighted by molar-refractivity contribution is -0.139. The Balaban J connectivity index is 2.54. The average Bonchev–Trinajstić information content (AvgIpc) is 2.45. The normalized spacial score (nSPS) is 18.6. The number of ether oxygens (including phenoxy) is 1. The van der Waals surface area contributed by atoms with E-state index in [4.69, 9.17) is 34.4 Å². The lowest BCUT2D eigenvalue weighted by atomic mass is 9.95. The number of benzene rings is 1. The van der Waals surface area contributed by atoms with Crippen molar-refractivity contribution in [2.45, 2.75) is 19.9 Å². The quantitative estimate of drug-likeness (QED) is 0.505. The van der Waals surface area contributed by atoms with Gasteiger partial charge in [-0.05, 0) is 37.7 Å². The third-order valence-corrected chi connectivity index (χ3v) is 3.90. The Morgan fingerprint density at radius 3 is 2.81 bits per heavy atom. The van der Waals surface area contributed by atoms with Gasteiger partial charge in [0, 0.05) is 10.7 Å². The van der Waals surface area contributed by atoms with Gasteiger partial charge in [0.15, 0.2) is 5.11 Å². The van der Waals surface area contributed by atoms with Gasteiger partial charge < -0.3 is 10.1 Å². The number of thiocarbonyl (C=S) groups is 1. The molecule has 7 heteroatoms. The van der Waals surface area contributed by atoms with E-state index in [1.807, 2.05) is 18.2 Å². The molecule has 0 radical (unpaired) electrons. The number of esters is 1. The van der Waals surface area contributed by atoms with Crippen LogP contribution in [0, 0.1) is 0 Å². The molecule has 1 atom stereocenters. The largest absolute Gasteiger partial charge is 0.463 e. The Labute approximate surface area is 133 Å². The van der Waals surface area contributed by atoms with E-state index in [9.17, 15) is 4.79 Å². The van der Waals surface area contributed by atoms with Gasteiger partial charge in [0.1, 0.15) is 0 Å². The van der Waals surface area contributed by atoms with Crippen molar-refractivity contribution in [2.75, 3.05) is 6.61 Å². The number of carbonyl (C=O) groups is 1. The van der Waals surface area contributed by atoms with Gasteiger partial charge in [0.05, 0.1) is 18.2 Å². The van der Waals surface area contributed by atoms with Crippen molar-refractivity contribution in [3.63, 3.8) is 0 Å². The number of hydrogen-bond donors (Lipinski definition) is 2. The van der Waals surface area contributed by atoms with Crippen LogP contribution in [-0.4, -0.2) is 22.7 Å². The molecule has 112 valence electrons. The minimum absolute atomic E-state index is 0.278. The topological polar surface area (TPSA) is 67.6 Å². The zero-order chi connectivity index (χ0) is 15.6. The summed E-state index contributed by atoms with van der Waals surface area (Å²) in [6, 6.07) is 6.78. The maximum atomic E-state index is 12.3. The van der Waals surface area contributed by atoms with Gasteiger partial charge in [-0.2, -0.15) is 0 Å². The van der Waals surface area contributed by atoms with Crippen molar-refractivity contribution in [3.05, 3.63) is 46.1 Å². The van der Waals surface area contributed by atoms with E-state index in [-0.39, 0.29) is 6.61 Å². The predicted octanol–water partition coefficient (Wildman–Crippen LogP) is 2.28. The molecule has 0 amide bonds. The first-order valence-corrected chi connectivity index (χ1v) is 7.23. The lowest BCUT2D eigenvalue weighted by Crippen LogP contribution is -2.51. The van der Waals surface area contributed by atoms with Crippen LogP contribution in [0.2, 0.25) is 5.02 Å². The first-order valence-electron chi connectivity index (χ1n) is 6.45. The monoisotopic (exact) mass is 325 g/mol. The molecule has 0 fully saturated rings. The van der Waals surface area contributed by atoms with Gasteiger partial charge in [-0.25, -0.2) is 10.6 Å². The molecule has 0 aliphatic carbocycles. The number of rotatable bonds is 3. The molecule has 0 saturated carbocycles. The van der Waals surface area contributed by atoms with Crippen molar-refractivity contribution < 1.29 is 9.53 Å². The number of allylic oxidation sites excluding steroid dienone is 1. The Morgan fingerprint density at radius 2 is 2.19 bits per heavy atom. The Kier molecular flexibility index (Phi) is 4.82. The molecule has 1 heterocycles. The average molecular weight is 326 g/mol. The summed E-state index contributed by atoms with van der Waals surface area (Å²) in [6.45, 7) is 3.75. The number of nitrogens with zero attached hydrogens (tertiary/aromatic N) is 1. The molecule has 1 unspecified atom stereocenters. The van der Waals surface area contributed by atoms with Crippen LogP contribution < -0.4 is 11.2 Å². The maximum absolute atomic E-state index is 12.3. The number of halogens is 1. The molecule has 1 aliphatic rings. The summed E-state index contributed by atoms with van der Waals surface area (Å²) in [5.41, 5.74) is 1.69. The highest BCUT2D eigenvalue weighted by atomic mass is 35.5. The fourth-order valence-electron chi connectivity index (χ4n) is 2.17. The molecule has 1 aromatic carbocycles. The van der Waals surface area contributed by atoms with Gasteiger partial charge in [-0.1, -0.05) is 29.8 Å². The molecular weight excluding hydrogens is 310 g/mol. The number of hydrazine groups is 1. The van der Waals surface area contributed by atoms with Crippen molar-refractivity contribution in [2.24, 2.45) is 5.84 Å². The Bertz CT molecular complexity index is 618. The van der Waals surface area contributed by atoms with E-state index >= 15 is 0 Å². The lowest BCUT2D eigenvalue weighted by Gasteiger charge is -2.35. The molecule has 0 bridgehead atoms. The maximum Gasteiger partial charge on any atom is 0.338 e. The number of hydrogen-bond acceptors (Lipinski definition) is 4. The Hall–Kier alpha value is -1.63. The first kappa shape index (κ1) is 15.8. The zero-order valence-corrected chi connectivity index (χ0v) is 13.3. The van der Waals surface area contributed by atoms with Gasteiger partial charge in [-0.3, -0.25) is 5.01 Å². The second-order valence-electron chi connectivity index (χ2n) is 4.49. The van der Waals surface area contributed by atoms with Crippen LogP contribution in [0.1, 0.15) is 25.5 Å². The van der Waals surface area contributed by atoms with Crippen LogP contribution in [0.15, 0.2) is 35.5 Å². The van der Waals surface area contributed by atoms with E-state index in [1.54, 1.807) is 19.9 Å². The highest BCUT2D eigenvalue weighted by Crippen LogP contribution is 2.33. The first-order chi connectivity index (χ1) is 9.97. The summed E-state index contributed by atoms with van der Waals surface area (Å²) < 4.78 is 5.12. The fraction of sp³-hybridized carbons (Fsp3) is 0.286. The van der Waals surface area contributed by atoms with Crippen LogP contribution >= 0.6 is 23.8 Å². The number of nitrogens with one attached hydrogen (secondary N) is 1. The second-order valence-corrected chi connectivity index (χ2v) is 5.29. The van der Waals surface area contributed by atoms with Crippen LogP contribution in [0.5, 0.6) is 0 Å². The number of nitrogens with two attached hydrogens (primary N) is 1. The highest BCUT2D eigenvalue weighted by Gasteiger charge is 2.34. The minimum Gasteiger partial charge on any atom is -0.463 e. The Morgan fingerprint density at radius 1 is 1.52 bits per heavy atom. The summed E-state index contributed by atoms with van der Waals surface area (Å²) in [5, 5.41) is 5.16. The third kappa shape index (κ3) is 3.02. The predicted molar refractivity (Wildman–Crippen MR) is 85.3 cm³/mol. The van der Waals surface area contributed by atoms with E-state index in [1.165, 1.54) is 5.01 Å². The van der Waals surface area contributed by atoms with Crippen molar-refractivity contribution in [3.8, 4) is 0 Å². The molecule has 21 heavy (non-hydrogen) atoms. The van der Waals surface area contributed by atoms with E-state index < -0.39 is 12.0 Å². The molecule has 1 aliphatic heterocycles. The minimum atomic E-state index is -0.481. The SMILES string of the molecule is CCOC(=O)C1=C(C)N(N)C(=S)NC1c1ccccc1Cl. The summed E-state index contributed by atoms with van der Waals surface area (Å²) in [4.78, 5) is 12.3. The summed E-state index contributed by atoms with van der Waals surface area (Å²) in [7, 11) is 0. The highest BCUT2D eigenvalue weighted by molar-refractivity contribution is 7.80. The van der Waals surface area contributed by atoms with Crippen LogP contribution in [0.4, 0.5) is 0 Å². The third-order valence-electron chi connectivity index (χ3n) is 3.24. The van der Waals surface area contributed by atoms with Crippen molar-refractivity contribution >= 4 is 34.9 Å². The molecule has 2 rings (SSSR count). The zero-order valence-electron chi connectivity index (χ0n) is 11.7. The van der Waals surface area contributed by atoms with E-state index in [2.05, 4.69) is 5.32 Å². The van der Waals surface area contributed by atoms with Gasteiger partial charge in [0.25, 0.3) is 0 Å².